The smallest absolute Gasteiger partial charge is 0.190 e. The van der Waals surface area contributed by atoms with Crippen LogP contribution in [0.2, 0.25) is 0 Å². The molecule has 0 aliphatic heterocycles. The summed E-state index contributed by atoms with van der Waals surface area (Å²) in [6.45, 7) is 0. The summed E-state index contributed by atoms with van der Waals surface area (Å²) in [6, 6.07) is 8.59. The molecule has 21 heavy (non-hydrogen) atoms. The molecular formula is C14H17N5S2. The number of rotatable bonds is 7. The van der Waals surface area contributed by atoms with Crippen LogP contribution in [-0.2, 0) is 12.8 Å². The maximum absolute atomic E-state index is 7.17. The van der Waals surface area contributed by atoms with Gasteiger partial charge in [-0.15, -0.1) is 0 Å². The SMILES string of the molecule is N=C(N)SCCc1ccc(CCSc2ncncn2)cc1. The number of aryl methyl sites for hydroxylation is 2. The predicted octanol–water partition coefficient (Wildman–Crippen LogP) is 2.38. The van der Waals surface area contributed by atoms with Gasteiger partial charge in [-0.05, 0) is 24.0 Å². The van der Waals surface area contributed by atoms with Crippen LogP contribution in [0.3, 0.4) is 0 Å². The van der Waals surface area contributed by atoms with Gasteiger partial charge >= 0.3 is 0 Å². The topological polar surface area (TPSA) is 88.5 Å². The largest absolute Gasteiger partial charge is 0.379 e. The van der Waals surface area contributed by atoms with E-state index < -0.39 is 0 Å². The standard InChI is InChI=1S/C14H17N5S2/c15-13(16)20-7-5-11-1-3-12(4-2-11)6-8-21-14-18-9-17-10-19-14/h1-4,9-10H,5-8H2,(H3,15,16). The Morgan fingerprint density at radius 1 is 1.00 bits per heavy atom. The number of nitrogens with zero attached hydrogens (tertiary/aromatic N) is 3. The molecule has 0 bridgehead atoms. The van der Waals surface area contributed by atoms with E-state index in [9.17, 15) is 0 Å². The molecule has 5 nitrogen and oxygen atoms in total. The lowest BCUT2D eigenvalue weighted by molar-refractivity contribution is 0.900. The molecule has 0 spiro atoms. The first-order valence-corrected chi connectivity index (χ1v) is 8.50. The van der Waals surface area contributed by atoms with Crippen LogP contribution in [-0.4, -0.2) is 31.6 Å². The molecule has 1 heterocycles. The van der Waals surface area contributed by atoms with Crippen LogP contribution in [0, 0.1) is 5.41 Å². The number of nitrogens with one attached hydrogen (secondary N) is 1. The van der Waals surface area contributed by atoms with Gasteiger partial charge in [-0.3, -0.25) is 5.41 Å². The molecule has 7 heteroatoms. The second-order valence-electron chi connectivity index (χ2n) is 4.30. The lowest BCUT2D eigenvalue weighted by Crippen LogP contribution is -2.05. The Labute approximate surface area is 132 Å². The van der Waals surface area contributed by atoms with Gasteiger partial charge in [0.15, 0.2) is 10.3 Å². The van der Waals surface area contributed by atoms with E-state index >= 15 is 0 Å². The highest BCUT2D eigenvalue weighted by Crippen LogP contribution is 2.14. The van der Waals surface area contributed by atoms with Crippen LogP contribution < -0.4 is 5.73 Å². The lowest BCUT2D eigenvalue weighted by Gasteiger charge is -2.04. The molecule has 0 amide bonds. The van der Waals surface area contributed by atoms with Crippen LogP contribution in [0.4, 0.5) is 0 Å². The van der Waals surface area contributed by atoms with E-state index in [4.69, 9.17) is 11.1 Å². The van der Waals surface area contributed by atoms with E-state index in [-0.39, 0.29) is 5.17 Å². The van der Waals surface area contributed by atoms with Crippen molar-refractivity contribution in [1.82, 2.24) is 15.0 Å². The van der Waals surface area contributed by atoms with Crippen molar-refractivity contribution < 1.29 is 0 Å². The van der Waals surface area contributed by atoms with Crippen molar-refractivity contribution in [2.45, 2.75) is 18.0 Å². The van der Waals surface area contributed by atoms with E-state index in [2.05, 4.69) is 39.2 Å². The molecule has 0 aliphatic carbocycles. The van der Waals surface area contributed by atoms with Gasteiger partial charge in [0.25, 0.3) is 0 Å². The molecule has 0 saturated carbocycles. The van der Waals surface area contributed by atoms with Gasteiger partial charge < -0.3 is 5.73 Å². The summed E-state index contributed by atoms with van der Waals surface area (Å²) in [6.07, 6.45) is 4.95. The number of amidine groups is 1. The zero-order chi connectivity index (χ0) is 14.9. The highest BCUT2D eigenvalue weighted by molar-refractivity contribution is 8.13. The zero-order valence-corrected chi connectivity index (χ0v) is 13.2. The average molecular weight is 319 g/mol. The summed E-state index contributed by atoms with van der Waals surface area (Å²) in [5.74, 6) is 1.80. The van der Waals surface area contributed by atoms with E-state index in [1.54, 1.807) is 11.8 Å². The Bertz CT molecular complexity index is 559. The highest BCUT2D eigenvalue weighted by Gasteiger charge is 1.99. The number of hydrogen-bond acceptors (Lipinski definition) is 6. The molecule has 1 aromatic carbocycles. The first-order chi connectivity index (χ1) is 10.2. The summed E-state index contributed by atoms with van der Waals surface area (Å²) in [4.78, 5) is 12.0. The number of thioether (sulfide) groups is 2. The number of hydrogen-bond donors (Lipinski definition) is 2. The van der Waals surface area contributed by atoms with E-state index in [1.807, 2.05) is 0 Å². The van der Waals surface area contributed by atoms with Gasteiger partial charge in [-0.25, -0.2) is 15.0 Å². The van der Waals surface area contributed by atoms with Gasteiger partial charge in [0.1, 0.15) is 12.7 Å². The van der Waals surface area contributed by atoms with Gasteiger partial charge in [0.05, 0.1) is 0 Å². The monoisotopic (exact) mass is 319 g/mol. The molecule has 0 saturated heterocycles. The number of benzene rings is 1. The molecule has 0 aliphatic rings. The first kappa shape index (κ1) is 15.8. The molecule has 3 N–H and O–H groups in total. The summed E-state index contributed by atoms with van der Waals surface area (Å²) in [7, 11) is 0. The summed E-state index contributed by atoms with van der Waals surface area (Å²) in [5, 5.41) is 8.11. The van der Waals surface area contributed by atoms with Crippen molar-refractivity contribution in [2.75, 3.05) is 11.5 Å². The fourth-order valence-electron chi connectivity index (χ4n) is 1.71. The summed E-state index contributed by atoms with van der Waals surface area (Å²) in [5.41, 5.74) is 7.89. The molecule has 110 valence electrons. The van der Waals surface area contributed by atoms with Gasteiger partial charge in [0.2, 0.25) is 0 Å². The summed E-state index contributed by atoms with van der Waals surface area (Å²) >= 11 is 3.01. The minimum Gasteiger partial charge on any atom is -0.379 e. The molecule has 2 aromatic rings. The Hall–Kier alpha value is -1.60. The van der Waals surface area contributed by atoms with Crippen LogP contribution in [0.1, 0.15) is 11.1 Å². The van der Waals surface area contributed by atoms with Crippen molar-refractivity contribution in [3.05, 3.63) is 48.0 Å². The Morgan fingerprint density at radius 2 is 1.57 bits per heavy atom. The Kier molecular flexibility index (Phi) is 6.49. The lowest BCUT2D eigenvalue weighted by atomic mass is 10.1. The van der Waals surface area contributed by atoms with E-state index in [0.29, 0.717) is 0 Å². The van der Waals surface area contributed by atoms with Crippen molar-refractivity contribution in [2.24, 2.45) is 5.73 Å². The van der Waals surface area contributed by atoms with Crippen molar-refractivity contribution >= 4 is 28.7 Å². The third kappa shape index (κ3) is 6.14. The average Bonchev–Trinajstić information content (AvgIpc) is 2.50. The van der Waals surface area contributed by atoms with Gasteiger partial charge in [-0.2, -0.15) is 0 Å². The third-order valence-electron chi connectivity index (χ3n) is 2.76. The second kappa shape index (κ2) is 8.63. The fourth-order valence-corrected chi connectivity index (χ4v) is 3.04. The molecule has 0 fully saturated rings. The molecule has 2 rings (SSSR count). The third-order valence-corrected chi connectivity index (χ3v) is 4.36. The van der Waals surface area contributed by atoms with Crippen LogP contribution >= 0.6 is 23.5 Å². The van der Waals surface area contributed by atoms with Crippen molar-refractivity contribution in [1.29, 1.82) is 5.41 Å². The van der Waals surface area contributed by atoms with Crippen LogP contribution in [0.15, 0.2) is 42.1 Å². The Balaban J connectivity index is 1.73. The van der Waals surface area contributed by atoms with Gasteiger partial charge in [-0.1, -0.05) is 47.8 Å². The van der Waals surface area contributed by atoms with Crippen LogP contribution in [0.5, 0.6) is 0 Å². The number of nitrogens with two attached hydrogens (primary N) is 1. The van der Waals surface area contributed by atoms with Crippen molar-refractivity contribution in [3.8, 4) is 0 Å². The number of aromatic nitrogens is 3. The quantitative estimate of drug-likeness (QED) is 0.463. The van der Waals surface area contributed by atoms with Crippen LogP contribution in [0.25, 0.3) is 0 Å². The molecule has 0 unspecified atom stereocenters. The van der Waals surface area contributed by atoms with E-state index in [1.165, 1.54) is 35.5 Å². The highest BCUT2D eigenvalue weighted by atomic mass is 32.2. The predicted molar refractivity (Wildman–Crippen MR) is 88.8 cm³/mol. The fraction of sp³-hybridized carbons (Fsp3) is 0.286. The van der Waals surface area contributed by atoms with Gasteiger partial charge in [0, 0.05) is 11.5 Å². The minimum absolute atomic E-state index is 0.182. The molecular weight excluding hydrogens is 302 g/mol. The maximum atomic E-state index is 7.17. The molecule has 0 radical (unpaired) electrons. The second-order valence-corrected chi connectivity index (χ2v) is 6.50. The molecule has 0 atom stereocenters. The molecule has 1 aromatic heterocycles. The summed E-state index contributed by atoms with van der Waals surface area (Å²) < 4.78 is 0. The van der Waals surface area contributed by atoms with Crippen molar-refractivity contribution in [3.63, 3.8) is 0 Å². The minimum atomic E-state index is 0.182. The maximum Gasteiger partial charge on any atom is 0.190 e. The Morgan fingerprint density at radius 3 is 2.14 bits per heavy atom. The van der Waals surface area contributed by atoms with E-state index in [0.717, 1.165) is 29.5 Å². The normalized spacial score (nSPS) is 10.5. The zero-order valence-electron chi connectivity index (χ0n) is 11.5. The first-order valence-electron chi connectivity index (χ1n) is 6.53.